The lowest BCUT2D eigenvalue weighted by Crippen LogP contribution is -2.00. The molecule has 0 saturated heterocycles. The zero-order valence-corrected chi connectivity index (χ0v) is 10.5. The number of nitrogens with one attached hydrogen (secondary N) is 1. The van der Waals surface area contributed by atoms with Crippen molar-refractivity contribution in [3.63, 3.8) is 0 Å². The number of hydrogen-bond acceptors (Lipinski definition) is 4. The van der Waals surface area contributed by atoms with Crippen molar-refractivity contribution in [1.29, 1.82) is 0 Å². The zero-order chi connectivity index (χ0) is 13.0. The monoisotopic (exact) mass is 249 g/mol. The summed E-state index contributed by atoms with van der Waals surface area (Å²) in [5, 5.41) is 6.90. The fourth-order valence-corrected chi connectivity index (χ4v) is 1.57. The second kappa shape index (κ2) is 5.62. The van der Waals surface area contributed by atoms with E-state index in [9.17, 15) is 4.39 Å². The molecule has 4 nitrogen and oxygen atoms in total. The summed E-state index contributed by atoms with van der Waals surface area (Å²) < 4.78 is 18.4. The number of benzene rings is 1. The quantitative estimate of drug-likeness (QED) is 0.884. The zero-order valence-electron chi connectivity index (χ0n) is 10.5. The second-order valence-corrected chi connectivity index (χ2v) is 4.17. The molecule has 0 aliphatic rings. The fraction of sp³-hybridized carbons (Fsp3) is 0.385. The second-order valence-electron chi connectivity index (χ2n) is 4.17. The summed E-state index contributed by atoms with van der Waals surface area (Å²) in [7, 11) is 0. The molecule has 18 heavy (non-hydrogen) atoms. The lowest BCUT2D eigenvalue weighted by molar-refractivity contribution is 0.377. The summed E-state index contributed by atoms with van der Waals surface area (Å²) in [4.78, 5) is 4.22. The third kappa shape index (κ3) is 3.06. The first-order valence-corrected chi connectivity index (χ1v) is 6.00. The van der Waals surface area contributed by atoms with Gasteiger partial charge in [-0.15, -0.1) is 0 Å². The molecule has 1 N–H and O–H groups in total. The summed E-state index contributed by atoms with van der Waals surface area (Å²) >= 11 is 0. The van der Waals surface area contributed by atoms with Crippen LogP contribution in [0.4, 0.5) is 10.1 Å². The standard InChI is InChI=1S/C13H16FN3O/c1-3-4-12-16-13(18-17-12)8-15-10-6-5-9(2)11(14)7-10/h5-7,15H,3-4,8H2,1-2H3. The lowest BCUT2D eigenvalue weighted by atomic mass is 10.2. The molecule has 0 bridgehead atoms. The molecule has 1 heterocycles. The van der Waals surface area contributed by atoms with Crippen LogP contribution in [0, 0.1) is 12.7 Å². The first-order valence-electron chi connectivity index (χ1n) is 6.00. The van der Waals surface area contributed by atoms with Crippen LogP contribution >= 0.6 is 0 Å². The molecule has 2 aromatic rings. The number of nitrogens with zero attached hydrogens (tertiary/aromatic N) is 2. The van der Waals surface area contributed by atoms with Crippen molar-refractivity contribution < 1.29 is 8.91 Å². The van der Waals surface area contributed by atoms with Crippen LogP contribution in [0.15, 0.2) is 22.7 Å². The Kier molecular flexibility index (Phi) is 3.92. The Balaban J connectivity index is 1.95. The lowest BCUT2D eigenvalue weighted by Gasteiger charge is -2.04. The van der Waals surface area contributed by atoms with Crippen molar-refractivity contribution in [2.45, 2.75) is 33.2 Å². The van der Waals surface area contributed by atoms with Crippen molar-refractivity contribution in [3.05, 3.63) is 41.3 Å². The van der Waals surface area contributed by atoms with E-state index >= 15 is 0 Å². The molecule has 0 amide bonds. The van der Waals surface area contributed by atoms with Gasteiger partial charge in [-0.3, -0.25) is 0 Å². The minimum Gasteiger partial charge on any atom is -0.376 e. The number of hydrogen-bond donors (Lipinski definition) is 1. The van der Waals surface area contributed by atoms with E-state index in [1.807, 2.05) is 6.07 Å². The SMILES string of the molecule is CCCc1noc(CNc2ccc(C)c(F)c2)n1. The summed E-state index contributed by atoms with van der Waals surface area (Å²) in [6, 6.07) is 5.01. The fourth-order valence-electron chi connectivity index (χ4n) is 1.57. The van der Waals surface area contributed by atoms with Crippen molar-refractivity contribution in [2.75, 3.05) is 5.32 Å². The van der Waals surface area contributed by atoms with Crippen LogP contribution in [-0.4, -0.2) is 10.1 Å². The Bertz CT molecular complexity index is 525. The smallest absolute Gasteiger partial charge is 0.245 e. The maximum atomic E-state index is 13.3. The van der Waals surface area contributed by atoms with Gasteiger partial charge in [0, 0.05) is 12.1 Å². The molecule has 5 heteroatoms. The van der Waals surface area contributed by atoms with Crippen LogP contribution < -0.4 is 5.32 Å². The number of aromatic nitrogens is 2. The third-order valence-electron chi connectivity index (χ3n) is 2.60. The summed E-state index contributed by atoms with van der Waals surface area (Å²) in [5.74, 6) is 1.00. The van der Waals surface area contributed by atoms with Gasteiger partial charge in [0.2, 0.25) is 5.89 Å². The summed E-state index contributed by atoms with van der Waals surface area (Å²) in [5.41, 5.74) is 1.33. The number of halogens is 1. The topological polar surface area (TPSA) is 51.0 Å². The van der Waals surface area contributed by atoms with Gasteiger partial charge in [0.15, 0.2) is 5.82 Å². The molecule has 1 aromatic heterocycles. The number of anilines is 1. The van der Waals surface area contributed by atoms with Gasteiger partial charge < -0.3 is 9.84 Å². The van der Waals surface area contributed by atoms with E-state index in [2.05, 4.69) is 22.4 Å². The molecule has 1 aromatic carbocycles. The van der Waals surface area contributed by atoms with E-state index in [1.54, 1.807) is 13.0 Å². The third-order valence-corrected chi connectivity index (χ3v) is 2.60. The van der Waals surface area contributed by atoms with Gasteiger partial charge in [0.1, 0.15) is 5.82 Å². The summed E-state index contributed by atoms with van der Waals surface area (Å²) in [6.07, 6.45) is 1.79. The van der Waals surface area contributed by atoms with E-state index in [0.29, 0.717) is 29.5 Å². The normalized spacial score (nSPS) is 10.6. The average molecular weight is 249 g/mol. The van der Waals surface area contributed by atoms with Crippen LogP contribution in [-0.2, 0) is 13.0 Å². The summed E-state index contributed by atoms with van der Waals surface area (Å²) in [6.45, 7) is 4.19. The van der Waals surface area contributed by atoms with Crippen molar-refractivity contribution in [3.8, 4) is 0 Å². The first kappa shape index (κ1) is 12.5. The van der Waals surface area contributed by atoms with Gasteiger partial charge in [0.05, 0.1) is 6.54 Å². The predicted molar refractivity (Wildman–Crippen MR) is 66.8 cm³/mol. The Labute approximate surface area is 105 Å². The van der Waals surface area contributed by atoms with Gasteiger partial charge in [0.25, 0.3) is 0 Å². The van der Waals surface area contributed by atoms with E-state index in [0.717, 1.165) is 12.8 Å². The molecule has 0 radical (unpaired) electrons. The van der Waals surface area contributed by atoms with E-state index in [-0.39, 0.29) is 5.82 Å². The highest BCUT2D eigenvalue weighted by Crippen LogP contribution is 2.14. The molecule has 2 rings (SSSR count). The largest absolute Gasteiger partial charge is 0.376 e. The van der Waals surface area contributed by atoms with Gasteiger partial charge in [-0.05, 0) is 31.0 Å². The van der Waals surface area contributed by atoms with Crippen LogP contribution in [0.2, 0.25) is 0 Å². The molecule has 0 fully saturated rings. The van der Waals surface area contributed by atoms with Gasteiger partial charge in [-0.1, -0.05) is 18.1 Å². The Morgan fingerprint density at radius 1 is 1.39 bits per heavy atom. The Morgan fingerprint density at radius 3 is 2.94 bits per heavy atom. The van der Waals surface area contributed by atoms with Gasteiger partial charge in [-0.25, -0.2) is 4.39 Å². The van der Waals surface area contributed by atoms with E-state index in [1.165, 1.54) is 6.07 Å². The molecule has 0 aliphatic heterocycles. The molecule has 0 aliphatic carbocycles. The van der Waals surface area contributed by atoms with Crippen LogP contribution in [0.3, 0.4) is 0 Å². The van der Waals surface area contributed by atoms with Crippen molar-refractivity contribution >= 4 is 5.69 Å². The van der Waals surface area contributed by atoms with Crippen molar-refractivity contribution in [1.82, 2.24) is 10.1 Å². The predicted octanol–water partition coefficient (Wildman–Crippen LogP) is 3.08. The maximum Gasteiger partial charge on any atom is 0.245 e. The minimum absolute atomic E-state index is 0.225. The molecule has 0 saturated carbocycles. The van der Waals surface area contributed by atoms with Crippen molar-refractivity contribution in [2.24, 2.45) is 0 Å². The first-order chi connectivity index (χ1) is 8.69. The minimum atomic E-state index is -0.225. The number of rotatable bonds is 5. The van der Waals surface area contributed by atoms with Gasteiger partial charge >= 0.3 is 0 Å². The number of aryl methyl sites for hydroxylation is 2. The van der Waals surface area contributed by atoms with E-state index in [4.69, 9.17) is 4.52 Å². The molecular formula is C13H16FN3O. The highest BCUT2D eigenvalue weighted by molar-refractivity contribution is 5.45. The molecule has 96 valence electrons. The molecule has 0 atom stereocenters. The highest BCUT2D eigenvalue weighted by atomic mass is 19.1. The van der Waals surface area contributed by atoms with Gasteiger partial charge in [-0.2, -0.15) is 4.98 Å². The molecule has 0 spiro atoms. The van der Waals surface area contributed by atoms with Crippen LogP contribution in [0.5, 0.6) is 0 Å². The highest BCUT2D eigenvalue weighted by Gasteiger charge is 2.05. The van der Waals surface area contributed by atoms with Crippen LogP contribution in [0.25, 0.3) is 0 Å². The molecule has 0 unspecified atom stereocenters. The average Bonchev–Trinajstić information content (AvgIpc) is 2.79. The maximum absolute atomic E-state index is 13.3. The Morgan fingerprint density at radius 2 is 2.22 bits per heavy atom. The molecular weight excluding hydrogens is 233 g/mol. The Hall–Kier alpha value is -1.91. The van der Waals surface area contributed by atoms with E-state index < -0.39 is 0 Å². The van der Waals surface area contributed by atoms with Crippen LogP contribution in [0.1, 0.15) is 30.6 Å².